The van der Waals surface area contributed by atoms with Crippen LogP contribution >= 0.6 is 0 Å². The Bertz CT molecular complexity index is 619. The molecule has 0 bridgehead atoms. The summed E-state index contributed by atoms with van der Waals surface area (Å²) >= 11 is 0. The first-order valence-electron chi connectivity index (χ1n) is 7.43. The number of amides is 1. The summed E-state index contributed by atoms with van der Waals surface area (Å²) in [6.45, 7) is 10.7. The van der Waals surface area contributed by atoms with Crippen LogP contribution < -0.4 is 9.64 Å². The maximum Gasteiger partial charge on any atom is 0.331 e. The molecule has 0 saturated carbocycles. The molecule has 22 heavy (non-hydrogen) atoms. The molecule has 0 aromatic heterocycles. The third kappa shape index (κ3) is 2.56. The monoisotopic (exact) mass is 305 g/mol. The Morgan fingerprint density at radius 1 is 1.36 bits per heavy atom. The summed E-state index contributed by atoms with van der Waals surface area (Å²) in [6.07, 6.45) is 0. The number of rotatable bonds is 3. The minimum Gasteiger partial charge on any atom is -0.476 e. The molecule has 0 atom stereocenters. The van der Waals surface area contributed by atoms with E-state index in [4.69, 9.17) is 9.47 Å². The second kappa shape index (κ2) is 5.30. The Hall–Kier alpha value is -2.04. The number of aryl methyl sites for hydroxylation is 1. The average molecular weight is 305 g/mol. The van der Waals surface area contributed by atoms with E-state index in [1.165, 1.54) is 4.90 Å². The number of nitrogens with zero attached hydrogens (tertiary/aromatic N) is 1. The van der Waals surface area contributed by atoms with Gasteiger partial charge in [-0.25, -0.2) is 4.79 Å². The van der Waals surface area contributed by atoms with Crippen LogP contribution in [0, 0.1) is 6.92 Å². The first kappa shape index (κ1) is 16.3. The number of esters is 1. The Balaban J connectivity index is 2.60. The third-order valence-corrected chi connectivity index (χ3v) is 3.77. The van der Waals surface area contributed by atoms with E-state index in [-0.39, 0.29) is 12.5 Å². The molecule has 0 aliphatic carbocycles. The van der Waals surface area contributed by atoms with Gasteiger partial charge in [0, 0.05) is 0 Å². The van der Waals surface area contributed by atoms with E-state index in [2.05, 4.69) is 0 Å². The van der Waals surface area contributed by atoms with E-state index in [1.54, 1.807) is 34.6 Å². The molecule has 5 nitrogen and oxygen atoms in total. The van der Waals surface area contributed by atoms with E-state index in [0.717, 1.165) is 5.56 Å². The molecule has 0 spiro atoms. The van der Waals surface area contributed by atoms with Gasteiger partial charge in [-0.1, -0.05) is 6.07 Å². The molecule has 1 aliphatic rings. The van der Waals surface area contributed by atoms with E-state index < -0.39 is 17.1 Å². The zero-order valence-electron chi connectivity index (χ0n) is 14.0. The van der Waals surface area contributed by atoms with E-state index >= 15 is 0 Å². The lowest BCUT2D eigenvalue weighted by atomic mass is 9.94. The van der Waals surface area contributed by atoms with Gasteiger partial charge in [-0.3, -0.25) is 9.69 Å². The standard InChI is InChI=1S/C17H23NO4/c1-7-21-15(20)16(3,4)18-12-10-11(2)8-9-13(12)22-17(5,6)14(18)19/h8-10H,7H2,1-6H3. The van der Waals surface area contributed by atoms with Crippen LogP contribution in [0.5, 0.6) is 5.75 Å². The molecule has 0 N–H and O–H groups in total. The molecule has 2 rings (SSSR count). The third-order valence-electron chi connectivity index (χ3n) is 3.77. The number of carbonyl (C=O) groups excluding carboxylic acids is 2. The molecule has 5 heteroatoms. The molecule has 0 unspecified atom stereocenters. The number of benzene rings is 1. The predicted molar refractivity (Wildman–Crippen MR) is 84.1 cm³/mol. The molecule has 0 fully saturated rings. The van der Waals surface area contributed by atoms with Crippen molar-refractivity contribution < 1.29 is 19.1 Å². The quantitative estimate of drug-likeness (QED) is 0.806. The zero-order valence-corrected chi connectivity index (χ0v) is 14.0. The van der Waals surface area contributed by atoms with Gasteiger partial charge >= 0.3 is 5.97 Å². The van der Waals surface area contributed by atoms with Crippen LogP contribution in [0.3, 0.4) is 0 Å². The van der Waals surface area contributed by atoms with Crippen LogP contribution in [-0.2, 0) is 14.3 Å². The van der Waals surface area contributed by atoms with Crippen molar-refractivity contribution in [2.24, 2.45) is 0 Å². The highest BCUT2D eigenvalue weighted by Gasteiger charge is 2.50. The smallest absolute Gasteiger partial charge is 0.331 e. The summed E-state index contributed by atoms with van der Waals surface area (Å²) in [4.78, 5) is 26.7. The topological polar surface area (TPSA) is 55.8 Å². The van der Waals surface area contributed by atoms with Crippen LogP contribution in [0.2, 0.25) is 0 Å². The number of anilines is 1. The lowest BCUT2D eigenvalue weighted by Gasteiger charge is -2.45. The summed E-state index contributed by atoms with van der Waals surface area (Å²) in [5.74, 6) is -0.107. The molecule has 120 valence electrons. The highest BCUT2D eigenvalue weighted by Crippen LogP contribution is 2.42. The number of carbonyl (C=O) groups is 2. The van der Waals surface area contributed by atoms with Gasteiger partial charge in [0.25, 0.3) is 5.91 Å². The summed E-state index contributed by atoms with van der Waals surface area (Å²) in [6, 6.07) is 5.59. The van der Waals surface area contributed by atoms with Crippen molar-refractivity contribution in [3.63, 3.8) is 0 Å². The van der Waals surface area contributed by atoms with Crippen LogP contribution in [0.4, 0.5) is 5.69 Å². The highest BCUT2D eigenvalue weighted by atomic mass is 16.5. The molecule has 0 saturated heterocycles. The average Bonchev–Trinajstić information content (AvgIpc) is 2.40. The van der Waals surface area contributed by atoms with Gasteiger partial charge in [-0.2, -0.15) is 0 Å². The van der Waals surface area contributed by atoms with Crippen molar-refractivity contribution >= 4 is 17.6 Å². The van der Waals surface area contributed by atoms with Crippen molar-refractivity contribution in [2.45, 2.75) is 52.7 Å². The molecule has 0 radical (unpaired) electrons. The number of ether oxygens (including phenoxy) is 2. The fraction of sp³-hybridized carbons (Fsp3) is 0.529. The Kier molecular flexibility index (Phi) is 3.94. The Morgan fingerprint density at radius 2 is 2.00 bits per heavy atom. The minimum atomic E-state index is -1.11. The first-order valence-corrected chi connectivity index (χ1v) is 7.43. The van der Waals surface area contributed by atoms with Crippen molar-refractivity contribution in [1.29, 1.82) is 0 Å². The van der Waals surface area contributed by atoms with Crippen LogP contribution in [0.25, 0.3) is 0 Å². The fourth-order valence-electron chi connectivity index (χ4n) is 2.54. The van der Waals surface area contributed by atoms with Crippen LogP contribution in [0.1, 0.15) is 40.2 Å². The van der Waals surface area contributed by atoms with Crippen molar-refractivity contribution in [1.82, 2.24) is 0 Å². The number of hydrogen-bond donors (Lipinski definition) is 0. The molecule has 1 aliphatic heterocycles. The summed E-state index contributed by atoms with van der Waals surface area (Å²) in [5, 5.41) is 0. The maximum atomic E-state index is 12.9. The van der Waals surface area contributed by atoms with Gasteiger partial charge in [-0.15, -0.1) is 0 Å². The van der Waals surface area contributed by atoms with Gasteiger partial charge in [0.2, 0.25) is 0 Å². The SMILES string of the molecule is CCOC(=O)C(C)(C)N1C(=O)C(C)(C)Oc2ccc(C)cc21. The number of fused-ring (bicyclic) bond motifs is 1. The minimum absolute atomic E-state index is 0.261. The van der Waals surface area contributed by atoms with Crippen molar-refractivity contribution in [3.8, 4) is 5.75 Å². The van der Waals surface area contributed by atoms with Gasteiger partial charge in [0.1, 0.15) is 11.3 Å². The summed E-state index contributed by atoms with van der Waals surface area (Å²) in [5.41, 5.74) is -0.565. The summed E-state index contributed by atoms with van der Waals surface area (Å²) < 4.78 is 11.0. The molecule has 1 aromatic carbocycles. The van der Waals surface area contributed by atoms with Crippen molar-refractivity contribution in [2.75, 3.05) is 11.5 Å². The highest BCUT2D eigenvalue weighted by molar-refractivity contribution is 6.08. The lowest BCUT2D eigenvalue weighted by molar-refractivity contribution is -0.151. The molecule has 1 aromatic rings. The van der Waals surface area contributed by atoms with Crippen LogP contribution in [0.15, 0.2) is 18.2 Å². The van der Waals surface area contributed by atoms with Gasteiger partial charge in [-0.05, 0) is 59.2 Å². The second-order valence-electron chi connectivity index (χ2n) is 6.50. The predicted octanol–water partition coefficient (Wildman–Crippen LogP) is 2.84. The van der Waals surface area contributed by atoms with Gasteiger partial charge < -0.3 is 9.47 Å². The second-order valence-corrected chi connectivity index (χ2v) is 6.50. The van der Waals surface area contributed by atoms with Gasteiger partial charge in [0.15, 0.2) is 5.60 Å². The van der Waals surface area contributed by atoms with Crippen molar-refractivity contribution in [3.05, 3.63) is 23.8 Å². The maximum absolute atomic E-state index is 12.9. The van der Waals surface area contributed by atoms with Gasteiger partial charge in [0.05, 0.1) is 12.3 Å². The lowest BCUT2D eigenvalue weighted by Crippen LogP contribution is -2.62. The number of hydrogen-bond acceptors (Lipinski definition) is 4. The summed E-state index contributed by atoms with van der Waals surface area (Å²) in [7, 11) is 0. The first-order chi connectivity index (χ1) is 10.1. The Labute approximate surface area is 131 Å². The molecule has 1 amide bonds. The fourth-order valence-corrected chi connectivity index (χ4v) is 2.54. The Morgan fingerprint density at radius 3 is 2.59 bits per heavy atom. The molecular weight excluding hydrogens is 282 g/mol. The normalized spacial score (nSPS) is 16.8. The van der Waals surface area contributed by atoms with E-state index in [1.807, 2.05) is 25.1 Å². The molecule has 1 heterocycles. The van der Waals surface area contributed by atoms with E-state index in [0.29, 0.717) is 11.4 Å². The van der Waals surface area contributed by atoms with Crippen LogP contribution in [-0.4, -0.2) is 29.6 Å². The molecular formula is C17H23NO4. The largest absolute Gasteiger partial charge is 0.476 e. The van der Waals surface area contributed by atoms with E-state index in [9.17, 15) is 9.59 Å². The zero-order chi connectivity index (χ0) is 16.7.